The Hall–Kier alpha value is -0.770. The molecule has 0 aromatic rings. The average Bonchev–Trinajstić information content (AvgIpc) is 2.75. The minimum absolute atomic E-state index is 0.178. The van der Waals surface area contributed by atoms with Gasteiger partial charge in [0, 0.05) is 19.1 Å². The number of hydrogen-bond donors (Lipinski definition) is 1. The fourth-order valence-electron chi connectivity index (χ4n) is 2.45. The van der Waals surface area contributed by atoms with Gasteiger partial charge in [0.1, 0.15) is 5.60 Å². The van der Waals surface area contributed by atoms with Crippen LogP contribution in [-0.4, -0.2) is 35.7 Å². The van der Waals surface area contributed by atoms with Crippen LogP contribution in [0.25, 0.3) is 0 Å². The van der Waals surface area contributed by atoms with Crippen molar-refractivity contribution in [1.29, 1.82) is 0 Å². The lowest BCUT2D eigenvalue weighted by atomic mass is 10.0. The predicted octanol–water partition coefficient (Wildman–Crippen LogP) is 1.73. The number of carbonyl (C=O) groups is 1. The number of ether oxygens (including phenoxy) is 1. The first-order valence-corrected chi connectivity index (χ1v) is 6.05. The van der Waals surface area contributed by atoms with Crippen molar-refractivity contribution in [2.75, 3.05) is 13.1 Å². The van der Waals surface area contributed by atoms with E-state index in [9.17, 15) is 4.79 Å². The van der Waals surface area contributed by atoms with Crippen LogP contribution in [0, 0.1) is 5.41 Å². The van der Waals surface area contributed by atoms with Crippen molar-refractivity contribution >= 4 is 6.09 Å². The summed E-state index contributed by atoms with van der Waals surface area (Å²) in [6, 6.07) is 0.178. The summed E-state index contributed by atoms with van der Waals surface area (Å²) in [5, 5.41) is 0. The van der Waals surface area contributed by atoms with Gasteiger partial charge in [-0.1, -0.05) is 0 Å². The number of nitrogens with zero attached hydrogens (tertiary/aromatic N) is 1. The van der Waals surface area contributed by atoms with E-state index < -0.39 is 5.60 Å². The molecule has 92 valence electrons. The highest BCUT2D eigenvalue weighted by Gasteiger charge is 2.53. The number of likely N-dealkylation sites (tertiary alicyclic amines) is 1. The second kappa shape index (κ2) is 3.62. The first-order valence-electron chi connectivity index (χ1n) is 6.05. The van der Waals surface area contributed by atoms with Crippen molar-refractivity contribution in [1.82, 2.24) is 4.90 Å². The second-order valence-corrected chi connectivity index (χ2v) is 6.20. The first-order chi connectivity index (χ1) is 7.35. The van der Waals surface area contributed by atoms with Crippen LogP contribution in [0.3, 0.4) is 0 Å². The molecule has 4 nitrogen and oxygen atoms in total. The highest BCUT2D eigenvalue weighted by atomic mass is 16.6. The summed E-state index contributed by atoms with van der Waals surface area (Å²) in [5.41, 5.74) is 5.69. The molecule has 1 aliphatic carbocycles. The van der Waals surface area contributed by atoms with E-state index in [0.717, 1.165) is 13.0 Å². The van der Waals surface area contributed by atoms with Crippen molar-refractivity contribution in [3.05, 3.63) is 0 Å². The van der Waals surface area contributed by atoms with Crippen LogP contribution < -0.4 is 5.73 Å². The fourth-order valence-corrected chi connectivity index (χ4v) is 2.45. The quantitative estimate of drug-likeness (QED) is 0.741. The van der Waals surface area contributed by atoms with Crippen molar-refractivity contribution in [3.8, 4) is 0 Å². The van der Waals surface area contributed by atoms with Crippen molar-refractivity contribution in [2.45, 2.75) is 51.7 Å². The molecule has 1 unspecified atom stereocenters. The lowest BCUT2D eigenvalue weighted by molar-refractivity contribution is 0.0225. The summed E-state index contributed by atoms with van der Waals surface area (Å²) in [7, 11) is 0. The summed E-state index contributed by atoms with van der Waals surface area (Å²) in [5.74, 6) is 0. The molecule has 1 atom stereocenters. The molecule has 2 fully saturated rings. The van der Waals surface area contributed by atoms with Crippen molar-refractivity contribution in [2.24, 2.45) is 11.1 Å². The zero-order chi connectivity index (χ0) is 12.0. The molecule has 1 aliphatic heterocycles. The van der Waals surface area contributed by atoms with Gasteiger partial charge in [0.2, 0.25) is 0 Å². The van der Waals surface area contributed by atoms with E-state index in [-0.39, 0.29) is 12.1 Å². The van der Waals surface area contributed by atoms with Crippen LogP contribution in [0.4, 0.5) is 4.79 Å². The largest absolute Gasteiger partial charge is 0.444 e. The van der Waals surface area contributed by atoms with Gasteiger partial charge in [-0.2, -0.15) is 0 Å². The molecule has 0 aromatic heterocycles. The molecule has 0 radical (unpaired) electrons. The zero-order valence-corrected chi connectivity index (χ0v) is 10.5. The predicted molar refractivity (Wildman–Crippen MR) is 62.1 cm³/mol. The summed E-state index contributed by atoms with van der Waals surface area (Å²) in [6.45, 7) is 7.06. The van der Waals surface area contributed by atoms with Gasteiger partial charge in [-0.3, -0.25) is 0 Å². The maximum Gasteiger partial charge on any atom is 0.410 e. The molecule has 2 rings (SSSR count). The molecular weight excluding hydrogens is 204 g/mol. The molecule has 1 heterocycles. The third kappa shape index (κ3) is 2.32. The summed E-state index contributed by atoms with van der Waals surface area (Å²) >= 11 is 0. The summed E-state index contributed by atoms with van der Waals surface area (Å²) in [4.78, 5) is 13.8. The fraction of sp³-hybridized carbons (Fsp3) is 0.917. The monoisotopic (exact) mass is 226 g/mol. The SMILES string of the molecule is CC(C)(C)OC(=O)N1CC2(CC2)CC1CN. The van der Waals surface area contributed by atoms with E-state index in [1.807, 2.05) is 25.7 Å². The van der Waals surface area contributed by atoms with Crippen LogP contribution >= 0.6 is 0 Å². The van der Waals surface area contributed by atoms with Crippen molar-refractivity contribution < 1.29 is 9.53 Å². The minimum Gasteiger partial charge on any atom is -0.444 e. The van der Waals surface area contributed by atoms with E-state index in [1.165, 1.54) is 12.8 Å². The molecule has 1 spiro atoms. The number of nitrogens with two attached hydrogens (primary N) is 1. The van der Waals surface area contributed by atoms with Gasteiger partial charge in [0.25, 0.3) is 0 Å². The van der Waals surface area contributed by atoms with Gasteiger partial charge in [0.15, 0.2) is 0 Å². The molecule has 0 aromatic carbocycles. The van der Waals surface area contributed by atoms with Gasteiger partial charge in [-0.25, -0.2) is 4.79 Å². The second-order valence-electron chi connectivity index (χ2n) is 6.20. The lowest BCUT2D eigenvalue weighted by Gasteiger charge is -2.28. The van der Waals surface area contributed by atoms with Crippen LogP contribution in [0.2, 0.25) is 0 Å². The Morgan fingerprint density at radius 1 is 1.50 bits per heavy atom. The molecular formula is C12H22N2O2. The molecule has 16 heavy (non-hydrogen) atoms. The molecule has 1 saturated heterocycles. The molecule has 0 bridgehead atoms. The Kier molecular flexibility index (Phi) is 2.65. The lowest BCUT2D eigenvalue weighted by Crippen LogP contribution is -2.43. The molecule has 4 heteroatoms. The maximum atomic E-state index is 12.0. The number of amides is 1. The molecule has 2 aliphatic rings. The highest BCUT2D eigenvalue weighted by Crippen LogP contribution is 2.54. The third-order valence-electron chi connectivity index (χ3n) is 3.47. The van der Waals surface area contributed by atoms with Gasteiger partial charge < -0.3 is 15.4 Å². The number of rotatable bonds is 1. The van der Waals surface area contributed by atoms with E-state index in [4.69, 9.17) is 10.5 Å². The molecule has 1 amide bonds. The van der Waals surface area contributed by atoms with E-state index in [1.54, 1.807) is 0 Å². The summed E-state index contributed by atoms with van der Waals surface area (Å²) < 4.78 is 5.41. The average molecular weight is 226 g/mol. The van der Waals surface area contributed by atoms with Crippen LogP contribution in [0.15, 0.2) is 0 Å². The minimum atomic E-state index is -0.421. The number of hydrogen-bond acceptors (Lipinski definition) is 3. The zero-order valence-electron chi connectivity index (χ0n) is 10.5. The van der Waals surface area contributed by atoms with Gasteiger partial charge in [-0.15, -0.1) is 0 Å². The Morgan fingerprint density at radius 2 is 2.12 bits per heavy atom. The standard InChI is InChI=1S/C12H22N2O2/c1-11(2,3)16-10(15)14-8-12(4-5-12)6-9(14)7-13/h9H,4-8,13H2,1-3H3. The van der Waals surface area contributed by atoms with Crippen LogP contribution in [0.5, 0.6) is 0 Å². The van der Waals surface area contributed by atoms with Gasteiger partial charge >= 0.3 is 6.09 Å². The Morgan fingerprint density at radius 3 is 2.56 bits per heavy atom. The highest BCUT2D eigenvalue weighted by molar-refractivity contribution is 5.69. The number of carbonyl (C=O) groups excluding carboxylic acids is 1. The Balaban J connectivity index is 2.00. The van der Waals surface area contributed by atoms with Gasteiger partial charge in [-0.05, 0) is 45.4 Å². The molecule has 1 saturated carbocycles. The van der Waals surface area contributed by atoms with E-state index in [0.29, 0.717) is 12.0 Å². The third-order valence-corrected chi connectivity index (χ3v) is 3.47. The van der Waals surface area contributed by atoms with Crippen LogP contribution in [0.1, 0.15) is 40.0 Å². The Labute approximate surface area is 97.1 Å². The smallest absolute Gasteiger partial charge is 0.410 e. The molecule has 2 N–H and O–H groups in total. The maximum absolute atomic E-state index is 12.0. The van der Waals surface area contributed by atoms with Crippen molar-refractivity contribution in [3.63, 3.8) is 0 Å². The van der Waals surface area contributed by atoms with Gasteiger partial charge in [0.05, 0.1) is 0 Å². The normalized spacial score (nSPS) is 27.2. The van der Waals surface area contributed by atoms with E-state index in [2.05, 4.69) is 0 Å². The van der Waals surface area contributed by atoms with Crippen LogP contribution in [-0.2, 0) is 4.74 Å². The Bertz CT molecular complexity index is 292. The summed E-state index contributed by atoms with van der Waals surface area (Å²) in [6.07, 6.45) is 3.33. The van der Waals surface area contributed by atoms with E-state index >= 15 is 0 Å². The first kappa shape index (κ1) is 11.7. The topological polar surface area (TPSA) is 55.6 Å².